The first-order valence-corrected chi connectivity index (χ1v) is 5.12. The quantitative estimate of drug-likeness (QED) is 0.853. The molecule has 0 amide bonds. The standard InChI is InChI=1S/C10H9FN2OS/c1-6-2-3-7(11)4-8(6)14-10-13-5-9(12)15-10/h2-5H,12H2,1H3. The van der Waals surface area contributed by atoms with Crippen LogP contribution in [0.3, 0.4) is 0 Å². The van der Waals surface area contributed by atoms with Gasteiger partial charge >= 0.3 is 0 Å². The van der Waals surface area contributed by atoms with Gasteiger partial charge in [-0.3, -0.25) is 0 Å². The second kappa shape index (κ2) is 3.86. The Morgan fingerprint density at radius 1 is 1.47 bits per heavy atom. The van der Waals surface area contributed by atoms with Crippen molar-refractivity contribution >= 4 is 16.3 Å². The van der Waals surface area contributed by atoms with E-state index >= 15 is 0 Å². The second-order valence-electron chi connectivity index (χ2n) is 3.04. The van der Waals surface area contributed by atoms with Crippen molar-refractivity contribution in [3.05, 3.63) is 35.8 Å². The fourth-order valence-corrected chi connectivity index (χ4v) is 1.64. The first-order valence-electron chi connectivity index (χ1n) is 4.30. The predicted molar refractivity (Wildman–Crippen MR) is 57.7 cm³/mol. The van der Waals surface area contributed by atoms with E-state index in [1.165, 1.54) is 29.7 Å². The average Bonchev–Trinajstić information content (AvgIpc) is 2.58. The van der Waals surface area contributed by atoms with Crippen LogP contribution in [0.4, 0.5) is 9.39 Å². The van der Waals surface area contributed by atoms with E-state index < -0.39 is 0 Å². The minimum absolute atomic E-state index is 0.333. The molecule has 0 unspecified atom stereocenters. The summed E-state index contributed by atoms with van der Waals surface area (Å²) in [6.45, 7) is 1.84. The maximum atomic E-state index is 12.9. The van der Waals surface area contributed by atoms with Crippen LogP contribution in [0, 0.1) is 12.7 Å². The highest BCUT2D eigenvalue weighted by atomic mass is 32.1. The van der Waals surface area contributed by atoms with Gasteiger partial charge in [0, 0.05) is 6.07 Å². The summed E-state index contributed by atoms with van der Waals surface area (Å²) < 4.78 is 18.3. The van der Waals surface area contributed by atoms with Crippen molar-refractivity contribution in [3.63, 3.8) is 0 Å². The first-order chi connectivity index (χ1) is 7.15. The molecule has 2 rings (SSSR count). The molecule has 5 heteroatoms. The lowest BCUT2D eigenvalue weighted by Crippen LogP contribution is -1.87. The number of aryl methyl sites for hydroxylation is 1. The number of halogens is 1. The molecule has 1 heterocycles. The van der Waals surface area contributed by atoms with E-state index in [1.807, 2.05) is 6.92 Å². The average molecular weight is 224 g/mol. The fraction of sp³-hybridized carbons (Fsp3) is 0.100. The van der Waals surface area contributed by atoms with Crippen molar-refractivity contribution in [1.82, 2.24) is 4.98 Å². The van der Waals surface area contributed by atoms with Crippen molar-refractivity contribution < 1.29 is 9.13 Å². The summed E-state index contributed by atoms with van der Waals surface area (Å²) in [5, 5.41) is 0.986. The molecule has 1 aromatic carbocycles. The van der Waals surface area contributed by atoms with E-state index in [4.69, 9.17) is 10.5 Å². The van der Waals surface area contributed by atoms with Crippen molar-refractivity contribution in [3.8, 4) is 10.9 Å². The van der Waals surface area contributed by atoms with Crippen molar-refractivity contribution in [2.24, 2.45) is 0 Å². The molecule has 0 aliphatic rings. The Balaban J connectivity index is 2.27. The lowest BCUT2D eigenvalue weighted by Gasteiger charge is -2.04. The Bertz CT molecular complexity index is 484. The molecule has 0 radical (unpaired) electrons. The second-order valence-corrected chi connectivity index (χ2v) is 4.07. The molecule has 15 heavy (non-hydrogen) atoms. The molecule has 2 aromatic rings. The van der Waals surface area contributed by atoms with Gasteiger partial charge in [0.15, 0.2) is 0 Å². The number of benzene rings is 1. The summed E-state index contributed by atoms with van der Waals surface area (Å²) in [6, 6.07) is 4.37. The lowest BCUT2D eigenvalue weighted by molar-refractivity contribution is 0.469. The van der Waals surface area contributed by atoms with Crippen molar-refractivity contribution in [1.29, 1.82) is 0 Å². The molecule has 0 saturated carbocycles. The number of hydrogen-bond donors (Lipinski definition) is 1. The van der Waals surface area contributed by atoms with Crippen LogP contribution >= 0.6 is 11.3 Å². The SMILES string of the molecule is Cc1ccc(F)cc1Oc1ncc(N)s1. The number of nitrogens with zero attached hydrogens (tertiary/aromatic N) is 1. The van der Waals surface area contributed by atoms with Crippen LogP contribution in [0.2, 0.25) is 0 Å². The number of aromatic nitrogens is 1. The Morgan fingerprint density at radius 3 is 2.93 bits per heavy atom. The maximum Gasteiger partial charge on any atom is 0.280 e. The zero-order chi connectivity index (χ0) is 10.8. The zero-order valence-corrected chi connectivity index (χ0v) is 8.84. The molecule has 0 atom stereocenters. The number of nitrogens with two attached hydrogens (primary N) is 1. The number of anilines is 1. The van der Waals surface area contributed by atoms with E-state index in [0.717, 1.165) is 5.56 Å². The van der Waals surface area contributed by atoms with Crippen LogP contribution in [0.5, 0.6) is 10.9 Å². The Labute approximate surface area is 90.3 Å². The van der Waals surface area contributed by atoms with E-state index in [0.29, 0.717) is 15.9 Å². The van der Waals surface area contributed by atoms with Crippen LogP contribution in [0.25, 0.3) is 0 Å². The maximum absolute atomic E-state index is 12.9. The number of ether oxygens (including phenoxy) is 1. The molecule has 0 saturated heterocycles. The minimum Gasteiger partial charge on any atom is -0.430 e. The van der Waals surface area contributed by atoms with Crippen LogP contribution in [0.15, 0.2) is 24.4 Å². The van der Waals surface area contributed by atoms with E-state index in [9.17, 15) is 4.39 Å². The Morgan fingerprint density at radius 2 is 2.27 bits per heavy atom. The lowest BCUT2D eigenvalue weighted by atomic mass is 10.2. The Kier molecular flexibility index (Phi) is 2.55. The van der Waals surface area contributed by atoms with Crippen LogP contribution < -0.4 is 10.5 Å². The van der Waals surface area contributed by atoms with Crippen LogP contribution in [0.1, 0.15) is 5.56 Å². The van der Waals surface area contributed by atoms with Gasteiger partial charge in [-0.05, 0) is 18.6 Å². The van der Waals surface area contributed by atoms with Crippen molar-refractivity contribution in [2.75, 3.05) is 5.73 Å². The first kappa shape index (κ1) is 9.92. The summed E-state index contributed by atoms with van der Waals surface area (Å²) in [5.41, 5.74) is 6.35. The molecule has 3 nitrogen and oxygen atoms in total. The van der Waals surface area contributed by atoms with Gasteiger partial charge in [0.2, 0.25) is 0 Å². The summed E-state index contributed by atoms with van der Waals surface area (Å²) in [4.78, 5) is 3.93. The molecule has 0 bridgehead atoms. The van der Waals surface area contributed by atoms with Gasteiger partial charge in [-0.25, -0.2) is 9.37 Å². The van der Waals surface area contributed by atoms with E-state index in [1.54, 1.807) is 6.07 Å². The molecule has 0 aliphatic carbocycles. The molecule has 1 aromatic heterocycles. The van der Waals surface area contributed by atoms with Crippen molar-refractivity contribution in [2.45, 2.75) is 6.92 Å². The summed E-state index contributed by atoms with van der Waals surface area (Å²) in [7, 11) is 0. The third-order valence-corrected chi connectivity index (χ3v) is 2.55. The number of nitrogen functional groups attached to an aromatic ring is 1. The number of thiazole rings is 1. The van der Waals surface area contributed by atoms with Gasteiger partial charge in [-0.2, -0.15) is 0 Å². The topological polar surface area (TPSA) is 48.1 Å². The number of hydrogen-bond acceptors (Lipinski definition) is 4. The van der Waals surface area contributed by atoms with E-state index in [2.05, 4.69) is 4.98 Å². The van der Waals surface area contributed by atoms with Gasteiger partial charge in [0.1, 0.15) is 16.6 Å². The third kappa shape index (κ3) is 2.24. The van der Waals surface area contributed by atoms with Crippen LogP contribution in [-0.2, 0) is 0 Å². The Hall–Kier alpha value is -1.62. The fourth-order valence-electron chi connectivity index (χ4n) is 1.09. The largest absolute Gasteiger partial charge is 0.430 e. The van der Waals surface area contributed by atoms with Gasteiger partial charge < -0.3 is 10.5 Å². The van der Waals surface area contributed by atoms with E-state index in [-0.39, 0.29) is 5.82 Å². The van der Waals surface area contributed by atoms with Gasteiger partial charge in [-0.1, -0.05) is 17.4 Å². The summed E-state index contributed by atoms with van der Waals surface area (Å²) in [5.74, 6) is 0.129. The monoisotopic (exact) mass is 224 g/mol. The minimum atomic E-state index is -0.333. The zero-order valence-electron chi connectivity index (χ0n) is 8.03. The van der Waals surface area contributed by atoms with Crippen LogP contribution in [-0.4, -0.2) is 4.98 Å². The highest BCUT2D eigenvalue weighted by molar-refractivity contribution is 7.17. The highest BCUT2D eigenvalue weighted by Crippen LogP contribution is 2.29. The highest BCUT2D eigenvalue weighted by Gasteiger charge is 2.06. The van der Waals surface area contributed by atoms with Gasteiger partial charge in [0.05, 0.1) is 6.20 Å². The summed E-state index contributed by atoms with van der Waals surface area (Å²) in [6.07, 6.45) is 1.51. The molecule has 2 N–H and O–H groups in total. The molecule has 0 aliphatic heterocycles. The summed E-state index contributed by atoms with van der Waals surface area (Å²) >= 11 is 1.22. The normalized spacial score (nSPS) is 10.3. The molecule has 78 valence electrons. The smallest absolute Gasteiger partial charge is 0.280 e. The predicted octanol–water partition coefficient (Wildman–Crippen LogP) is 2.97. The van der Waals surface area contributed by atoms with Gasteiger partial charge in [0.25, 0.3) is 5.19 Å². The molecular formula is C10H9FN2OS. The molecular weight excluding hydrogens is 215 g/mol. The number of rotatable bonds is 2. The molecule has 0 fully saturated rings. The van der Waals surface area contributed by atoms with Gasteiger partial charge in [-0.15, -0.1) is 0 Å². The third-order valence-electron chi connectivity index (χ3n) is 1.85. The molecule has 0 spiro atoms.